The van der Waals surface area contributed by atoms with Crippen LogP contribution >= 0.6 is 11.6 Å². The van der Waals surface area contributed by atoms with E-state index in [0.29, 0.717) is 26.4 Å². The first-order valence-corrected chi connectivity index (χ1v) is 10.8. The Morgan fingerprint density at radius 1 is 1.00 bits per heavy atom. The minimum atomic E-state index is -1.20. The Bertz CT molecular complexity index is 1480. The van der Waals surface area contributed by atoms with Gasteiger partial charge in [0.05, 0.1) is 12.3 Å². The second kappa shape index (κ2) is 10.1. The molecule has 4 rings (SSSR count). The summed E-state index contributed by atoms with van der Waals surface area (Å²) < 4.78 is 39.9. The van der Waals surface area contributed by atoms with Crippen molar-refractivity contribution in [3.05, 3.63) is 82.9 Å². The molecule has 0 fully saturated rings. The van der Waals surface area contributed by atoms with Crippen molar-refractivity contribution in [1.82, 2.24) is 4.98 Å². The summed E-state index contributed by atoms with van der Waals surface area (Å²) in [4.78, 5) is 29.2. The van der Waals surface area contributed by atoms with E-state index in [1.54, 1.807) is 30.3 Å². The number of carbonyl (C=O) groups is 2. The van der Waals surface area contributed by atoms with Crippen molar-refractivity contribution in [2.45, 2.75) is 6.61 Å². The lowest BCUT2D eigenvalue weighted by molar-refractivity contribution is 0.185. The third kappa shape index (κ3) is 4.64. The molecule has 4 aromatic rings. The SMILES string of the molecule is COCc1c(Cl)cccc1-c1nc(N(C(N)=O)c2c(F)cccc2F)cc2c(OC(N)=O)cccc12. The number of ether oxygens (including phenoxy) is 2. The fraction of sp³-hybridized carbons (Fsp3) is 0.0800. The molecule has 11 heteroatoms. The Kier molecular flexibility index (Phi) is 7.00. The van der Waals surface area contributed by atoms with Crippen LogP contribution < -0.4 is 21.1 Å². The number of nitrogens with two attached hydrogens (primary N) is 2. The number of fused-ring (bicyclic) bond motifs is 1. The summed E-state index contributed by atoms with van der Waals surface area (Å²) in [5.74, 6) is -2.29. The van der Waals surface area contributed by atoms with Crippen LogP contribution in [0.3, 0.4) is 0 Å². The molecule has 4 N–H and O–H groups in total. The third-order valence-corrected chi connectivity index (χ3v) is 5.66. The van der Waals surface area contributed by atoms with Crippen LogP contribution in [0.4, 0.5) is 29.9 Å². The highest BCUT2D eigenvalue weighted by molar-refractivity contribution is 6.31. The van der Waals surface area contributed by atoms with Gasteiger partial charge in [0, 0.05) is 34.0 Å². The van der Waals surface area contributed by atoms with Crippen LogP contribution in [0.1, 0.15) is 5.56 Å². The van der Waals surface area contributed by atoms with Crippen molar-refractivity contribution in [1.29, 1.82) is 0 Å². The van der Waals surface area contributed by atoms with Gasteiger partial charge in [0.15, 0.2) is 0 Å². The predicted octanol–water partition coefficient (Wildman–Crippen LogP) is 5.65. The van der Waals surface area contributed by atoms with Gasteiger partial charge in [-0.05, 0) is 30.3 Å². The Morgan fingerprint density at radius 2 is 1.67 bits per heavy atom. The van der Waals surface area contributed by atoms with Crippen LogP contribution in [-0.4, -0.2) is 24.2 Å². The Balaban J connectivity index is 2.11. The largest absolute Gasteiger partial charge is 0.410 e. The average Bonchev–Trinajstić information content (AvgIpc) is 2.82. The number of anilines is 2. The number of benzene rings is 3. The van der Waals surface area contributed by atoms with Gasteiger partial charge in [-0.1, -0.05) is 41.9 Å². The number of pyridine rings is 1. The van der Waals surface area contributed by atoms with Gasteiger partial charge < -0.3 is 20.9 Å². The molecule has 0 aliphatic rings. The number of amides is 3. The van der Waals surface area contributed by atoms with Gasteiger partial charge in [-0.25, -0.2) is 28.3 Å². The summed E-state index contributed by atoms with van der Waals surface area (Å²) in [7, 11) is 1.49. The third-order valence-electron chi connectivity index (χ3n) is 5.30. The normalized spacial score (nSPS) is 10.9. The Hall–Kier alpha value is -4.28. The van der Waals surface area contributed by atoms with Crippen molar-refractivity contribution in [3.63, 3.8) is 0 Å². The lowest BCUT2D eigenvalue weighted by Gasteiger charge is -2.23. The number of halogens is 3. The maximum absolute atomic E-state index is 14.7. The first kappa shape index (κ1) is 24.8. The van der Waals surface area contributed by atoms with Crippen molar-refractivity contribution < 1.29 is 27.8 Å². The lowest BCUT2D eigenvalue weighted by Crippen LogP contribution is -2.33. The molecule has 0 radical (unpaired) electrons. The fourth-order valence-corrected chi connectivity index (χ4v) is 4.09. The van der Waals surface area contributed by atoms with Crippen molar-refractivity contribution in [2.24, 2.45) is 11.5 Å². The highest BCUT2D eigenvalue weighted by Gasteiger charge is 2.26. The summed E-state index contributed by atoms with van der Waals surface area (Å²) in [6.07, 6.45) is -1.09. The van der Waals surface area contributed by atoms with Crippen molar-refractivity contribution in [3.8, 4) is 17.0 Å². The second-order valence-corrected chi connectivity index (χ2v) is 7.95. The number of rotatable bonds is 6. The molecule has 1 aromatic heterocycles. The summed E-state index contributed by atoms with van der Waals surface area (Å²) in [5, 5.41) is 1.12. The molecule has 8 nitrogen and oxygen atoms in total. The number of hydrogen-bond donors (Lipinski definition) is 2. The van der Waals surface area contributed by atoms with Gasteiger partial charge in [0.25, 0.3) is 0 Å². The van der Waals surface area contributed by atoms with E-state index in [4.69, 9.17) is 32.5 Å². The Labute approximate surface area is 209 Å². The number of methoxy groups -OCH3 is 1. The number of para-hydroxylation sites is 1. The first-order chi connectivity index (χ1) is 17.2. The summed E-state index contributed by atoms with van der Waals surface area (Å²) in [6, 6.07) is 13.0. The quantitative estimate of drug-likeness (QED) is 0.345. The summed E-state index contributed by atoms with van der Waals surface area (Å²) in [5.41, 5.74) is 11.4. The molecule has 0 aliphatic carbocycles. The molecule has 3 amide bonds. The lowest BCUT2D eigenvalue weighted by atomic mass is 9.98. The summed E-state index contributed by atoms with van der Waals surface area (Å²) in [6.45, 7) is 0.112. The van der Waals surface area contributed by atoms with Gasteiger partial charge in [-0.15, -0.1) is 0 Å². The van der Waals surface area contributed by atoms with E-state index in [2.05, 4.69) is 4.98 Å². The van der Waals surface area contributed by atoms with Gasteiger partial charge in [0.1, 0.15) is 28.9 Å². The van der Waals surface area contributed by atoms with Crippen LogP contribution in [0.2, 0.25) is 5.02 Å². The number of aromatic nitrogens is 1. The molecule has 1 heterocycles. The number of nitrogens with zero attached hydrogens (tertiary/aromatic N) is 2. The van der Waals surface area contributed by atoms with Gasteiger partial charge in [0.2, 0.25) is 0 Å². The topological polar surface area (TPSA) is 121 Å². The molecule has 0 bridgehead atoms. The average molecular weight is 513 g/mol. The van der Waals surface area contributed by atoms with Gasteiger partial charge in [-0.2, -0.15) is 0 Å². The van der Waals surface area contributed by atoms with E-state index >= 15 is 0 Å². The predicted molar refractivity (Wildman–Crippen MR) is 131 cm³/mol. The zero-order valence-corrected chi connectivity index (χ0v) is 19.6. The number of hydrogen-bond acceptors (Lipinski definition) is 5. The molecule has 0 unspecified atom stereocenters. The zero-order valence-electron chi connectivity index (χ0n) is 18.8. The number of primary amides is 2. The number of urea groups is 1. The maximum Gasteiger partial charge on any atom is 0.409 e. The smallest absolute Gasteiger partial charge is 0.409 e. The molecule has 0 saturated carbocycles. The molecule has 184 valence electrons. The molecule has 0 atom stereocenters. The molecule has 0 saturated heterocycles. The highest BCUT2D eigenvalue weighted by atomic mass is 35.5. The van der Waals surface area contributed by atoms with Gasteiger partial charge >= 0.3 is 12.1 Å². The molecule has 36 heavy (non-hydrogen) atoms. The van der Waals surface area contributed by atoms with E-state index in [0.717, 1.165) is 18.2 Å². The van der Waals surface area contributed by atoms with Crippen LogP contribution in [0.15, 0.2) is 60.7 Å². The zero-order chi connectivity index (χ0) is 26.0. The van der Waals surface area contributed by atoms with Crippen molar-refractivity contribution >= 4 is 46.0 Å². The number of carbonyl (C=O) groups excluding carboxylic acids is 2. The molecule has 0 spiro atoms. The first-order valence-electron chi connectivity index (χ1n) is 10.4. The highest BCUT2D eigenvalue weighted by Crippen LogP contribution is 2.40. The fourth-order valence-electron chi connectivity index (χ4n) is 3.86. The van der Waals surface area contributed by atoms with E-state index in [-0.39, 0.29) is 29.3 Å². The van der Waals surface area contributed by atoms with E-state index in [1.165, 1.54) is 19.2 Å². The Morgan fingerprint density at radius 3 is 2.31 bits per heavy atom. The maximum atomic E-state index is 14.7. The van der Waals surface area contributed by atoms with E-state index < -0.39 is 29.4 Å². The summed E-state index contributed by atoms with van der Waals surface area (Å²) >= 11 is 6.42. The molecular formula is C25H19ClF2N4O4. The van der Waals surface area contributed by atoms with E-state index in [9.17, 15) is 18.4 Å². The monoisotopic (exact) mass is 512 g/mol. The minimum absolute atomic E-state index is 0.0265. The minimum Gasteiger partial charge on any atom is -0.410 e. The molecule has 0 aliphatic heterocycles. The van der Waals surface area contributed by atoms with Crippen molar-refractivity contribution in [2.75, 3.05) is 12.0 Å². The standard InChI is InChI=1S/C25H19ClF2N4O4/c1-35-12-16-14(5-2-7-17(16)26)22-13-6-3-10-20(36-25(30)34)15(13)11-21(31-22)32(24(29)33)23-18(27)8-4-9-19(23)28/h2-11H,12H2,1H3,(H2,29,33)(H2,30,34). The van der Waals surface area contributed by atoms with Gasteiger partial charge in [-0.3, -0.25) is 0 Å². The van der Waals surface area contributed by atoms with Crippen LogP contribution in [0.25, 0.3) is 22.0 Å². The van der Waals surface area contributed by atoms with Crippen LogP contribution in [0, 0.1) is 11.6 Å². The van der Waals surface area contributed by atoms with Crippen LogP contribution in [0.5, 0.6) is 5.75 Å². The van der Waals surface area contributed by atoms with Crippen LogP contribution in [-0.2, 0) is 11.3 Å². The molecular weight excluding hydrogens is 494 g/mol. The molecule has 3 aromatic carbocycles. The second-order valence-electron chi connectivity index (χ2n) is 7.54. The van der Waals surface area contributed by atoms with E-state index in [1.807, 2.05) is 0 Å².